The Hall–Kier alpha value is -2.51. The molecule has 0 radical (unpaired) electrons. The van der Waals surface area contributed by atoms with Crippen molar-refractivity contribution in [3.05, 3.63) is 46.5 Å². The van der Waals surface area contributed by atoms with Crippen molar-refractivity contribution in [2.45, 2.75) is 13.5 Å². The van der Waals surface area contributed by atoms with Crippen molar-refractivity contribution in [1.29, 1.82) is 0 Å². The first-order valence-electron chi connectivity index (χ1n) is 8.41. The summed E-state index contributed by atoms with van der Waals surface area (Å²) >= 11 is 1.69. The first kappa shape index (κ1) is 16.9. The Kier molecular flexibility index (Phi) is 4.57. The third-order valence-electron chi connectivity index (χ3n) is 4.31. The molecule has 1 aromatic carbocycles. The number of nitrogens with one attached hydrogen (secondary N) is 1. The number of aryl methyl sites for hydroxylation is 1. The molecule has 1 aliphatic heterocycles. The lowest BCUT2D eigenvalue weighted by molar-refractivity contribution is 0.0928. The Labute approximate surface area is 155 Å². The molecule has 1 amide bonds. The minimum absolute atomic E-state index is 0.0937. The number of nitrogens with zero attached hydrogens (tertiary/aromatic N) is 1. The number of hydrogen-bond acceptors (Lipinski definition) is 5. The van der Waals surface area contributed by atoms with Crippen LogP contribution in [0.5, 0.6) is 11.5 Å². The van der Waals surface area contributed by atoms with Gasteiger partial charge >= 0.3 is 0 Å². The summed E-state index contributed by atoms with van der Waals surface area (Å²) in [7, 11) is 1.62. The molecule has 0 fully saturated rings. The van der Waals surface area contributed by atoms with Crippen LogP contribution >= 0.6 is 11.3 Å². The predicted molar refractivity (Wildman–Crippen MR) is 100 cm³/mol. The van der Waals surface area contributed by atoms with Gasteiger partial charge in [-0.25, -0.2) is 0 Å². The Balaban J connectivity index is 1.67. The van der Waals surface area contributed by atoms with Crippen molar-refractivity contribution in [3.63, 3.8) is 0 Å². The van der Waals surface area contributed by atoms with Gasteiger partial charge in [0.1, 0.15) is 5.69 Å². The van der Waals surface area contributed by atoms with Crippen LogP contribution in [0.3, 0.4) is 0 Å². The van der Waals surface area contributed by atoms with Crippen molar-refractivity contribution in [2.75, 3.05) is 27.1 Å². The fourth-order valence-corrected chi connectivity index (χ4v) is 4.06. The molecule has 3 aromatic rings. The zero-order chi connectivity index (χ0) is 18.1. The van der Waals surface area contributed by atoms with Crippen LogP contribution < -0.4 is 14.8 Å². The van der Waals surface area contributed by atoms with Gasteiger partial charge in [0.25, 0.3) is 5.91 Å². The van der Waals surface area contributed by atoms with Crippen LogP contribution in [-0.2, 0) is 11.3 Å². The maximum absolute atomic E-state index is 12.6. The van der Waals surface area contributed by atoms with E-state index in [0.29, 0.717) is 25.4 Å². The van der Waals surface area contributed by atoms with Crippen molar-refractivity contribution in [3.8, 4) is 11.5 Å². The molecule has 1 aliphatic rings. The van der Waals surface area contributed by atoms with Crippen molar-refractivity contribution >= 4 is 27.5 Å². The fourth-order valence-electron chi connectivity index (χ4n) is 3.10. The standard InChI is InChI=1S/C19H20N2O4S/c1-12-7-14-18(26-12)9-15(19(22)20-5-6-23-2)21(14)10-13-3-4-16-17(8-13)25-11-24-16/h3-4,7-9H,5-6,10-11H2,1-2H3,(H,20,22). The van der Waals surface area contributed by atoms with Crippen molar-refractivity contribution in [1.82, 2.24) is 9.88 Å². The Morgan fingerprint density at radius 2 is 2.12 bits per heavy atom. The molecule has 1 N–H and O–H groups in total. The van der Waals surface area contributed by atoms with E-state index in [4.69, 9.17) is 14.2 Å². The van der Waals surface area contributed by atoms with E-state index in [0.717, 1.165) is 27.3 Å². The molecule has 0 spiro atoms. The van der Waals surface area contributed by atoms with Crippen LogP contribution in [0, 0.1) is 6.92 Å². The van der Waals surface area contributed by atoms with E-state index in [-0.39, 0.29) is 12.7 Å². The summed E-state index contributed by atoms with van der Waals surface area (Å²) in [5, 5.41) is 2.91. The number of benzene rings is 1. The zero-order valence-electron chi connectivity index (χ0n) is 14.7. The molecule has 0 saturated carbocycles. The van der Waals surface area contributed by atoms with Gasteiger partial charge in [0.05, 0.1) is 16.8 Å². The summed E-state index contributed by atoms with van der Waals surface area (Å²) in [6.07, 6.45) is 0. The normalized spacial score (nSPS) is 12.7. The lowest BCUT2D eigenvalue weighted by Gasteiger charge is -2.11. The van der Waals surface area contributed by atoms with E-state index in [1.165, 1.54) is 4.88 Å². The fraction of sp³-hybridized carbons (Fsp3) is 0.316. The average molecular weight is 372 g/mol. The maximum Gasteiger partial charge on any atom is 0.268 e. The van der Waals surface area contributed by atoms with Crippen LogP contribution in [0.25, 0.3) is 10.2 Å². The van der Waals surface area contributed by atoms with Gasteiger partial charge in [-0.05, 0) is 36.8 Å². The van der Waals surface area contributed by atoms with Gasteiger partial charge in [0, 0.05) is 25.1 Å². The number of rotatable bonds is 6. The molecule has 0 aliphatic carbocycles. The SMILES string of the molecule is COCCNC(=O)c1cc2sc(C)cc2n1Cc1ccc2c(c1)OCO2. The number of fused-ring (bicyclic) bond motifs is 2. The molecule has 6 nitrogen and oxygen atoms in total. The summed E-state index contributed by atoms with van der Waals surface area (Å²) in [5.41, 5.74) is 2.78. The summed E-state index contributed by atoms with van der Waals surface area (Å²) in [4.78, 5) is 13.9. The lowest BCUT2D eigenvalue weighted by Crippen LogP contribution is -2.29. The van der Waals surface area contributed by atoms with Gasteiger partial charge in [0.15, 0.2) is 11.5 Å². The topological polar surface area (TPSA) is 61.7 Å². The van der Waals surface area contributed by atoms with Crippen molar-refractivity contribution < 1.29 is 19.0 Å². The highest BCUT2D eigenvalue weighted by atomic mass is 32.1. The quantitative estimate of drug-likeness (QED) is 0.675. The molecule has 0 saturated heterocycles. The smallest absolute Gasteiger partial charge is 0.268 e. The second-order valence-electron chi connectivity index (χ2n) is 6.16. The molecule has 7 heteroatoms. The third-order valence-corrected chi connectivity index (χ3v) is 5.30. The van der Waals surface area contributed by atoms with Gasteiger partial charge in [-0.15, -0.1) is 11.3 Å². The number of amides is 1. The first-order chi connectivity index (χ1) is 12.7. The van der Waals surface area contributed by atoms with Crippen LogP contribution in [0.15, 0.2) is 30.3 Å². The second-order valence-corrected chi connectivity index (χ2v) is 7.45. The largest absolute Gasteiger partial charge is 0.454 e. The molecule has 136 valence electrons. The summed E-state index contributed by atoms with van der Waals surface area (Å²) < 4.78 is 19.0. The van der Waals surface area contributed by atoms with Crippen molar-refractivity contribution in [2.24, 2.45) is 0 Å². The van der Waals surface area contributed by atoms with Gasteiger partial charge in [-0.2, -0.15) is 0 Å². The molecular formula is C19H20N2O4S. The van der Waals surface area contributed by atoms with Gasteiger partial charge in [-0.3, -0.25) is 4.79 Å². The minimum Gasteiger partial charge on any atom is -0.454 e. The Morgan fingerprint density at radius 1 is 1.27 bits per heavy atom. The molecular weight excluding hydrogens is 352 g/mol. The number of carbonyl (C=O) groups excluding carboxylic acids is 1. The van der Waals surface area contributed by atoms with Crippen LogP contribution in [0.4, 0.5) is 0 Å². The van der Waals surface area contributed by atoms with E-state index in [2.05, 4.69) is 22.9 Å². The highest BCUT2D eigenvalue weighted by Gasteiger charge is 2.19. The number of carbonyl (C=O) groups is 1. The number of ether oxygens (including phenoxy) is 3. The Morgan fingerprint density at radius 3 is 2.96 bits per heavy atom. The van der Waals surface area contributed by atoms with Crippen LogP contribution in [0.2, 0.25) is 0 Å². The molecule has 3 heterocycles. The molecule has 26 heavy (non-hydrogen) atoms. The number of methoxy groups -OCH3 is 1. The van der Waals surface area contributed by atoms with Crippen LogP contribution in [-0.4, -0.2) is 37.5 Å². The van der Waals surface area contributed by atoms with Gasteiger partial charge in [-0.1, -0.05) is 6.07 Å². The van der Waals surface area contributed by atoms with Crippen LogP contribution in [0.1, 0.15) is 20.9 Å². The van der Waals surface area contributed by atoms with Gasteiger partial charge in [0.2, 0.25) is 6.79 Å². The maximum atomic E-state index is 12.6. The average Bonchev–Trinajstić information content (AvgIpc) is 3.30. The minimum atomic E-state index is -0.0937. The van der Waals surface area contributed by atoms with E-state index in [1.807, 2.05) is 24.3 Å². The summed E-state index contributed by atoms with van der Waals surface area (Å²) in [5.74, 6) is 1.41. The highest BCUT2D eigenvalue weighted by Crippen LogP contribution is 2.34. The van der Waals surface area contributed by atoms with E-state index >= 15 is 0 Å². The lowest BCUT2D eigenvalue weighted by atomic mass is 10.2. The van der Waals surface area contributed by atoms with E-state index < -0.39 is 0 Å². The first-order valence-corrected chi connectivity index (χ1v) is 9.22. The molecule has 0 unspecified atom stereocenters. The number of thiophene rings is 1. The number of hydrogen-bond donors (Lipinski definition) is 1. The molecule has 2 aromatic heterocycles. The highest BCUT2D eigenvalue weighted by molar-refractivity contribution is 7.19. The van der Waals surface area contributed by atoms with E-state index in [1.54, 1.807) is 18.4 Å². The third kappa shape index (κ3) is 3.15. The Bertz CT molecular complexity index is 960. The predicted octanol–water partition coefficient (Wildman–Crippen LogP) is 3.16. The second kappa shape index (κ2) is 7.01. The van der Waals surface area contributed by atoms with E-state index in [9.17, 15) is 4.79 Å². The zero-order valence-corrected chi connectivity index (χ0v) is 15.5. The molecule has 4 rings (SSSR count). The molecule has 0 atom stereocenters. The summed E-state index contributed by atoms with van der Waals surface area (Å²) in [6.45, 7) is 3.89. The van der Waals surface area contributed by atoms with Gasteiger partial charge < -0.3 is 24.1 Å². The summed E-state index contributed by atoms with van der Waals surface area (Å²) in [6, 6.07) is 9.97. The monoisotopic (exact) mass is 372 g/mol. The molecule has 0 bridgehead atoms. The number of aromatic nitrogens is 1.